The Balaban J connectivity index is 2.09. The first-order chi connectivity index (χ1) is 11.2. The molecule has 0 bridgehead atoms. The molecule has 1 aromatic carbocycles. The van der Waals surface area contributed by atoms with Crippen molar-refractivity contribution in [3.63, 3.8) is 0 Å². The summed E-state index contributed by atoms with van der Waals surface area (Å²) in [6.07, 6.45) is -2.38. The fraction of sp³-hybridized carbons (Fsp3) is 0.611. The van der Waals surface area contributed by atoms with Crippen LogP contribution in [0.15, 0.2) is 24.3 Å². The Morgan fingerprint density at radius 3 is 2.50 bits per heavy atom. The van der Waals surface area contributed by atoms with E-state index >= 15 is 0 Å². The second-order valence-corrected chi connectivity index (χ2v) is 6.90. The second-order valence-electron chi connectivity index (χ2n) is 6.90. The molecule has 0 radical (unpaired) electrons. The van der Waals surface area contributed by atoms with Gasteiger partial charge in [0.05, 0.1) is 12.1 Å². The van der Waals surface area contributed by atoms with E-state index in [4.69, 9.17) is 0 Å². The maximum atomic E-state index is 12.9. The van der Waals surface area contributed by atoms with Crippen molar-refractivity contribution in [2.24, 2.45) is 5.92 Å². The van der Waals surface area contributed by atoms with Gasteiger partial charge in [0.15, 0.2) is 0 Å². The summed E-state index contributed by atoms with van der Waals surface area (Å²) < 4.78 is 38.7. The molecular weight excluding hydrogens is 317 g/mol. The van der Waals surface area contributed by atoms with Gasteiger partial charge in [0.1, 0.15) is 0 Å². The summed E-state index contributed by atoms with van der Waals surface area (Å²) >= 11 is 0. The number of carbonyl (C=O) groups excluding carboxylic acids is 1. The second kappa shape index (κ2) is 7.55. The highest BCUT2D eigenvalue weighted by atomic mass is 19.4. The van der Waals surface area contributed by atoms with Gasteiger partial charge < -0.3 is 5.32 Å². The van der Waals surface area contributed by atoms with E-state index in [-0.39, 0.29) is 24.5 Å². The highest BCUT2D eigenvalue weighted by molar-refractivity contribution is 5.78. The van der Waals surface area contributed by atoms with Gasteiger partial charge in [0.25, 0.3) is 0 Å². The Bertz CT molecular complexity index is 568. The maximum absolute atomic E-state index is 12.9. The van der Waals surface area contributed by atoms with Crippen LogP contribution in [0.4, 0.5) is 13.2 Å². The number of hydrogen-bond donors (Lipinski definition) is 1. The van der Waals surface area contributed by atoms with Gasteiger partial charge in [-0.3, -0.25) is 9.69 Å². The number of carbonyl (C=O) groups is 1. The summed E-state index contributed by atoms with van der Waals surface area (Å²) in [5, 5.41) is 2.88. The van der Waals surface area contributed by atoms with Gasteiger partial charge in [0, 0.05) is 18.6 Å². The molecule has 1 aliphatic rings. The lowest BCUT2D eigenvalue weighted by molar-refractivity contribution is -0.137. The molecule has 0 saturated heterocycles. The number of benzene rings is 1. The summed E-state index contributed by atoms with van der Waals surface area (Å²) in [6, 6.07) is 5.43. The number of nitrogens with zero attached hydrogens (tertiary/aromatic N) is 1. The third-order valence-corrected chi connectivity index (χ3v) is 4.24. The first-order valence-electron chi connectivity index (χ1n) is 8.38. The fourth-order valence-corrected chi connectivity index (χ4v) is 2.69. The minimum Gasteiger partial charge on any atom is -0.355 e. The lowest BCUT2D eigenvalue weighted by Gasteiger charge is -2.29. The van der Waals surface area contributed by atoms with Crippen molar-refractivity contribution in [1.29, 1.82) is 0 Å². The highest BCUT2D eigenvalue weighted by Gasteiger charge is 2.35. The van der Waals surface area contributed by atoms with Gasteiger partial charge in [-0.15, -0.1) is 0 Å². The van der Waals surface area contributed by atoms with Crippen LogP contribution in [0, 0.1) is 5.92 Å². The van der Waals surface area contributed by atoms with Crippen LogP contribution in [-0.2, 0) is 11.0 Å². The van der Waals surface area contributed by atoms with Gasteiger partial charge in [-0.1, -0.05) is 26.0 Å². The van der Waals surface area contributed by atoms with Crippen LogP contribution >= 0.6 is 0 Å². The number of rotatable bonds is 7. The van der Waals surface area contributed by atoms with Crippen LogP contribution in [0.1, 0.15) is 50.8 Å². The van der Waals surface area contributed by atoms with Crippen LogP contribution in [-0.4, -0.2) is 29.9 Å². The molecule has 1 amide bonds. The average Bonchev–Trinajstić information content (AvgIpc) is 3.34. The molecule has 0 aromatic heterocycles. The molecule has 1 aromatic rings. The monoisotopic (exact) mass is 342 g/mol. The zero-order valence-corrected chi connectivity index (χ0v) is 14.4. The van der Waals surface area contributed by atoms with Crippen molar-refractivity contribution in [2.75, 3.05) is 13.1 Å². The van der Waals surface area contributed by atoms with E-state index in [9.17, 15) is 18.0 Å². The van der Waals surface area contributed by atoms with Crippen molar-refractivity contribution < 1.29 is 18.0 Å². The van der Waals surface area contributed by atoms with Crippen molar-refractivity contribution >= 4 is 5.91 Å². The van der Waals surface area contributed by atoms with E-state index < -0.39 is 11.7 Å². The summed E-state index contributed by atoms with van der Waals surface area (Å²) in [7, 11) is 0. The lowest BCUT2D eigenvalue weighted by Crippen LogP contribution is -2.40. The van der Waals surface area contributed by atoms with Gasteiger partial charge in [-0.25, -0.2) is 0 Å². The van der Waals surface area contributed by atoms with Gasteiger partial charge in [-0.05, 0) is 43.4 Å². The summed E-state index contributed by atoms with van der Waals surface area (Å²) in [5.41, 5.74) is -0.0553. The Kier molecular flexibility index (Phi) is 5.91. The molecule has 1 fully saturated rings. The van der Waals surface area contributed by atoms with E-state index in [0.29, 0.717) is 18.0 Å². The Morgan fingerprint density at radius 2 is 1.96 bits per heavy atom. The topological polar surface area (TPSA) is 32.3 Å². The predicted molar refractivity (Wildman–Crippen MR) is 87.4 cm³/mol. The quantitative estimate of drug-likeness (QED) is 0.812. The van der Waals surface area contributed by atoms with Crippen molar-refractivity contribution in [3.8, 4) is 0 Å². The van der Waals surface area contributed by atoms with Gasteiger partial charge in [0.2, 0.25) is 5.91 Å². The molecule has 1 aliphatic carbocycles. The Morgan fingerprint density at radius 1 is 1.29 bits per heavy atom. The molecule has 134 valence electrons. The molecule has 24 heavy (non-hydrogen) atoms. The molecule has 1 saturated carbocycles. The van der Waals surface area contributed by atoms with Crippen LogP contribution in [0.5, 0.6) is 0 Å². The van der Waals surface area contributed by atoms with Gasteiger partial charge >= 0.3 is 6.18 Å². The van der Waals surface area contributed by atoms with Crippen molar-refractivity contribution in [1.82, 2.24) is 10.2 Å². The molecule has 1 atom stereocenters. The molecule has 0 aliphatic heterocycles. The van der Waals surface area contributed by atoms with Crippen LogP contribution in [0.25, 0.3) is 0 Å². The first kappa shape index (κ1) is 18.8. The van der Waals surface area contributed by atoms with Crippen LogP contribution in [0.2, 0.25) is 0 Å². The van der Waals surface area contributed by atoms with Crippen molar-refractivity contribution in [3.05, 3.63) is 35.4 Å². The molecule has 0 heterocycles. The molecular formula is C18H25F3N2O. The number of hydrogen-bond acceptors (Lipinski definition) is 2. The van der Waals surface area contributed by atoms with Crippen LogP contribution < -0.4 is 5.32 Å². The van der Waals surface area contributed by atoms with E-state index in [0.717, 1.165) is 18.9 Å². The Labute approximate surface area is 141 Å². The lowest BCUT2D eigenvalue weighted by atomic mass is 10.0. The molecule has 6 heteroatoms. The highest BCUT2D eigenvalue weighted by Crippen LogP contribution is 2.36. The van der Waals surface area contributed by atoms with E-state index in [1.54, 1.807) is 6.07 Å². The molecule has 3 nitrogen and oxygen atoms in total. The third-order valence-electron chi connectivity index (χ3n) is 4.24. The Hall–Kier alpha value is -1.56. The molecule has 0 spiro atoms. The van der Waals surface area contributed by atoms with Gasteiger partial charge in [-0.2, -0.15) is 13.2 Å². The predicted octanol–water partition coefficient (Wildman–Crippen LogP) is 4.00. The molecule has 1 unspecified atom stereocenters. The first-order valence-corrected chi connectivity index (χ1v) is 8.38. The zero-order chi connectivity index (χ0) is 17.9. The normalized spacial score (nSPS) is 16.5. The van der Waals surface area contributed by atoms with E-state index in [1.807, 2.05) is 25.7 Å². The minimum atomic E-state index is -4.35. The zero-order valence-electron chi connectivity index (χ0n) is 14.4. The minimum absolute atomic E-state index is 0.0746. The van der Waals surface area contributed by atoms with E-state index in [2.05, 4.69) is 5.32 Å². The molecule has 2 rings (SSSR count). The molecule has 1 N–H and O–H groups in total. The van der Waals surface area contributed by atoms with Crippen molar-refractivity contribution in [2.45, 2.75) is 51.9 Å². The maximum Gasteiger partial charge on any atom is 0.416 e. The third kappa shape index (κ3) is 5.23. The number of alkyl halides is 3. The average molecular weight is 342 g/mol. The number of halogens is 3. The summed E-state index contributed by atoms with van der Waals surface area (Å²) in [4.78, 5) is 14.1. The number of nitrogens with one attached hydrogen (secondary N) is 1. The fourth-order valence-electron chi connectivity index (χ4n) is 2.69. The van der Waals surface area contributed by atoms with E-state index in [1.165, 1.54) is 12.1 Å². The smallest absolute Gasteiger partial charge is 0.355 e. The SMILES string of the molecule is CC(C)CNC(=O)CN(C1CC1)C(C)c1cccc(C(F)(F)F)c1. The van der Waals surface area contributed by atoms with Crippen LogP contribution in [0.3, 0.4) is 0 Å². The largest absolute Gasteiger partial charge is 0.416 e. The standard InChI is InChI=1S/C18H25F3N2O/c1-12(2)10-22-17(24)11-23(16-7-8-16)13(3)14-5-4-6-15(9-14)18(19,20)21/h4-6,9,12-13,16H,7-8,10-11H2,1-3H3,(H,22,24). The summed E-state index contributed by atoms with van der Waals surface area (Å²) in [5.74, 6) is 0.290. The summed E-state index contributed by atoms with van der Waals surface area (Å²) in [6.45, 7) is 6.72. The number of amides is 1.